The Morgan fingerprint density at radius 1 is 1.13 bits per heavy atom. The molecule has 1 aromatic carbocycles. The summed E-state index contributed by atoms with van der Waals surface area (Å²) in [6, 6.07) is 12.6. The molecular formula is C33H48Cl3N5O4. The summed E-state index contributed by atoms with van der Waals surface area (Å²) < 4.78 is 11.7. The summed E-state index contributed by atoms with van der Waals surface area (Å²) >= 11 is 0. The van der Waals surface area contributed by atoms with Crippen molar-refractivity contribution in [1.29, 1.82) is 0 Å². The number of hydrogen-bond donors (Lipinski definition) is 1. The number of carbonyl (C=O) groups excluding carboxylic acids is 2. The van der Waals surface area contributed by atoms with Crippen LogP contribution in [0.3, 0.4) is 0 Å². The molecule has 2 amide bonds. The lowest BCUT2D eigenvalue weighted by molar-refractivity contribution is -0.134. The van der Waals surface area contributed by atoms with Crippen molar-refractivity contribution in [3.63, 3.8) is 0 Å². The fraction of sp³-hybridized carbons (Fsp3) is 0.545. The van der Waals surface area contributed by atoms with Gasteiger partial charge in [0, 0.05) is 82.9 Å². The lowest BCUT2D eigenvalue weighted by Gasteiger charge is -2.37. The van der Waals surface area contributed by atoms with Crippen LogP contribution in [-0.2, 0) is 27.3 Å². The van der Waals surface area contributed by atoms with E-state index in [1.165, 1.54) is 5.69 Å². The Kier molecular flexibility index (Phi) is 16.5. The zero-order valence-corrected chi connectivity index (χ0v) is 28.7. The van der Waals surface area contributed by atoms with Crippen LogP contribution in [0.15, 0.2) is 54.7 Å². The Labute approximate surface area is 286 Å². The van der Waals surface area contributed by atoms with E-state index in [0.29, 0.717) is 45.2 Å². The summed E-state index contributed by atoms with van der Waals surface area (Å²) in [6.07, 6.45) is 10.3. The monoisotopic (exact) mass is 683 g/mol. The van der Waals surface area contributed by atoms with Crippen molar-refractivity contribution in [3.05, 3.63) is 66.0 Å². The quantitative estimate of drug-likeness (QED) is 0.409. The van der Waals surface area contributed by atoms with E-state index in [4.69, 9.17) is 9.47 Å². The molecule has 2 fully saturated rings. The number of nitrogens with zero attached hydrogens (tertiary/aromatic N) is 4. The molecule has 250 valence electrons. The van der Waals surface area contributed by atoms with Crippen LogP contribution in [0, 0.1) is 11.8 Å². The number of pyridine rings is 1. The molecule has 3 atom stereocenters. The number of methoxy groups -OCH3 is 1. The van der Waals surface area contributed by atoms with E-state index in [1.54, 1.807) is 13.3 Å². The van der Waals surface area contributed by atoms with E-state index in [2.05, 4.69) is 39.5 Å². The number of benzene rings is 1. The molecule has 9 nitrogen and oxygen atoms in total. The molecule has 1 aromatic heterocycles. The van der Waals surface area contributed by atoms with E-state index in [9.17, 15) is 9.59 Å². The minimum atomic E-state index is 0. The number of fused-ring (bicyclic) bond motifs is 3. The predicted molar refractivity (Wildman–Crippen MR) is 185 cm³/mol. The van der Waals surface area contributed by atoms with Crippen LogP contribution in [-0.4, -0.2) is 92.7 Å². The number of likely N-dealkylation sites (N-methyl/N-ethyl adjacent to an activating group) is 1. The molecule has 2 saturated heterocycles. The van der Waals surface area contributed by atoms with Gasteiger partial charge in [-0.2, -0.15) is 0 Å². The van der Waals surface area contributed by atoms with Crippen molar-refractivity contribution >= 4 is 54.7 Å². The highest BCUT2D eigenvalue weighted by Gasteiger charge is 2.32. The number of piperidine rings is 1. The average molecular weight is 685 g/mol. The third kappa shape index (κ3) is 10.5. The maximum atomic E-state index is 13.2. The molecule has 45 heavy (non-hydrogen) atoms. The zero-order chi connectivity index (χ0) is 29.3. The summed E-state index contributed by atoms with van der Waals surface area (Å²) in [5.41, 5.74) is 3.20. The van der Waals surface area contributed by atoms with Crippen molar-refractivity contribution in [1.82, 2.24) is 20.1 Å². The van der Waals surface area contributed by atoms with Crippen LogP contribution in [0.1, 0.15) is 36.9 Å². The summed E-state index contributed by atoms with van der Waals surface area (Å²) in [4.78, 5) is 36.9. The van der Waals surface area contributed by atoms with E-state index in [0.717, 1.165) is 55.8 Å². The normalized spacial score (nSPS) is 22.1. The number of halogens is 3. The molecule has 0 radical (unpaired) electrons. The van der Waals surface area contributed by atoms with Gasteiger partial charge in [0.15, 0.2) is 0 Å². The molecule has 5 rings (SSSR count). The summed E-state index contributed by atoms with van der Waals surface area (Å²) in [5.74, 6) is 1.36. The molecule has 0 saturated carbocycles. The van der Waals surface area contributed by atoms with Gasteiger partial charge in [-0.3, -0.25) is 14.6 Å². The SMILES string of the molecule is COC[C@@H]1CCCN1c1ccc2c(c1)CNCC(=O)N1CC[C@@H](CC(=O)N(C)CCc3ccccn3)[C@@H](/C=C/CO2)C1.Cl.Cl.Cl. The highest BCUT2D eigenvalue weighted by molar-refractivity contribution is 5.86. The van der Waals surface area contributed by atoms with Crippen molar-refractivity contribution < 1.29 is 19.1 Å². The molecule has 2 bridgehead atoms. The summed E-state index contributed by atoms with van der Waals surface area (Å²) in [7, 11) is 3.63. The second-order valence-corrected chi connectivity index (χ2v) is 11.7. The summed E-state index contributed by atoms with van der Waals surface area (Å²) in [5, 5.41) is 3.37. The maximum Gasteiger partial charge on any atom is 0.236 e. The van der Waals surface area contributed by atoms with Crippen molar-refractivity contribution in [2.45, 2.75) is 44.7 Å². The molecule has 12 heteroatoms. The van der Waals surface area contributed by atoms with Gasteiger partial charge >= 0.3 is 0 Å². The van der Waals surface area contributed by atoms with Crippen molar-refractivity contribution in [2.75, 3.05) is 65.0 Å². The molecule has 2 aromatic rings. The van der Waals surface area contributed by atoms with Crippen molar-refractivity contribution in [3.8, 4) is 5.75 Å². The summed E-state index contributed by atoms with van der Waals surface area (Å²) in [6.45, 7) is 4.94. The lowest BCUT2D eigenvalue weighted by atomic mass is 9.82. The minimum Gasteiger partial charge on any atom is -0.489 e. The Hall–Kier alpha value is -2.56. The maximum absolute atomic E-state index is 13.2. The van der Waals surface area contributed by atoms with Crippen LogP contribution in [0.5, 0.6) is 5.75 Å². The highest BCUT2D eigenvalue weighted by atomic mass is 35.5. The zero-order valence-electron chi connectivity index (χ0n) is 26.3. The number of ether oxygens (including phenoxy) is 2. The van der Waals surface area contributed by atoms with Gasteiger partial charge in [0.25, 0.3) is 0 Å². The van der Waals surface area contributed by atoms with Gasteiger partial charge in [-0.05, 0) is 61.4 Å². The number of hydrogen-bond acceptors (Lipinski definition) is 7. The molecule has 1 N–H and O–H groups in total. The fourth-order valence-electron chi connectivity index (χ4n) is 6.41. The van der Waals surface area contributed by atoms with E-state index in [1.807, 2.05) is 41.1 Å². The molecule has 3 aliphatic rings. The Morgan fingerprint density at radius 2 is 1.98 bits per heavy atom. The molecule has 4 heterocycles. The van der Waals surface area contributed by atoms with E-state index in [-0.39, 0.29) is 67.4 Å². The smallest absolute Gasteiger partial charge is 0.236 e. The average Bonchev–Trinajstić information content (AvgIpc) is 3.47. The van der Waals surface area contributed by atoms with Gasteiger partial charge in [-0.15, -0.1) is 37.2 Å². The third-order valence-corrected chi connectivity index (χ3v) is 8.87. The number of anilines is 1. The van der Waals surface area contributed by atoms with Crippen LogP contribution in [0.2, 0.25) is 0 Å². The molecule has 0 aliphatic carbocycles. The second kappa shape index (κ2) is 19.2. The van der Waals surface area contributed by atoms with Gasteiger partial charge in [0.05, 0.1) is 19.2 Å². The number of amides is 2. The van der Waals surface area contributed by atoms with Gasteiger partial charge in [-0.1, -0.05) is 18.2 Å². The minimum absolute atomic E-state index is 0. The Bertz CT molecular complexity index is 1240. The first kappa shape index (κ1) is 38.6. The Balaban J connectivity index is 0.00000235. The predicted octanol–water partition coefficient (Wildman–Crippen LogP) is 4.56. The lowest BCUT2D eigenvalue weighted by Crippen LogP contribution is -2.47. The number of nitrogens with one attached hydrogen (secondary N) is 1. The third-order valence-electron chi connectivity index (χ3n) is 8.87. The number of rotatable bonds is 8. The van der Waals surface area contributed by atoms with Crippen LogP contribution in [0.25, 0.3) is 0 Å². The largest absolute Gasteiger partial charge is 0.489 e. The van der Waals surface area contributed by atoms with Crippen LogP contribution in [0.4, 0.5) is 5.69 Å². The van der Waals surface area contributed by atoms with Gasteiger partial charge < -0.3 is 29.5 Å². The first-order valence-corrected chi connectivity index (χ1v) is 15.3. The van der Waals surface area contributed by atoms with Crippen LogP contribution >= 0.6 is 37.2 Å². The number of aromatic nitrogens is 1. The molecule has 3 aliphatic heterocycles. The first-order valence-electron chi connectivity index (χ1n) is 15.3. The van der Waals surface area contributed by atoms with E-state index >= 15 is 0 Å². The second-order valence-electron chi connectivity index (χ2n) is 11.7. The van der Waals surface area contributed by atoms with Gasteiger partial charge in [0.2, 0.25) is 11.8 Å². The standard InChI is InChI=1S/C33H45N5O4.3ClH/c1-36(16-13-28-8-3-4-14-35-28)32(39)20-25-12-17-37-23-26(25)7-6-18-42-31-11-10-29(19-27(31)21-34-22-33(37)40)38-15-5-9-30(38)24-41-2;;;/h3-4,6-8,10-11,14,19,25-26,30,34H,5,9,12-13,15-18,20-24H2,1-2H3;3*1H/b7-6+;;;/t25-,26-,30-;;;/m0.../s1. The molecule has 0 unspecified atom stereocenters. The highest BCUT2D eigenvalue weighted by Crippen LogP contribution is 2.32. The Morgan fingerprint density at radius 3 is 2.76 bits per heavy atom. The van der Waals surface area contributed by atoms with Gasteiger partial charge in [-0.25, -0.2) is 0 Å². The van der Waals surface area contributed by atoms with Crippen molar-refractivity contribution in [2.24, 2.45) is 11.8 Å². The molecular weight excluding hydrogens is 637 g/mol. The first-order chi connectivity index (χ1) is 20.5. The fourth-order valence-corrected chi connectivity index (χ4v) is 6.41. The van der Waals surface area contributed by atoms with Gasteiger partial charge in [0.1, 0.15) is 12.4 Å². The van der Waals surface area contributed by atoms with Crippen LogP contribution < -0.4 is 15.0 Å². The topological polar surface area (TPSA) is 87.2 Å². The van der Waals surface area contributed by atoms with E-state index < -0.39 is 0 Å². The molecule has 0 spiro atoms. The number of carbonyl (C=O) groups is 2.